The van der Waals surface area contributed by atoms with Crippen LogP contribution in [0, 0.1) is 0 Å². The van der Waals surface area contributed by atoms with Crippen molar-refractivity contribution < 1.29 is 4.74 Å². The maximum absolute atomic E-state index is 5.89. The minimum Gasteiger partial charge on any atom is -0.377 e. The van der Waals surface area contributed by atoms with Crippen molar-refractivity contribution in [2.75, 3.05) is 26.7 Å². The van der Waals surface area contributed by atoms with E-state index >= 15 is 0 Å². The van der Waals surface area contributed by atoms with Gasteiger partial charge in [-0.15, -0.1) is 0 Å². The normalized spacial score (nSPS) is 12.9. The van der Waals surface area contributed by atoms with E-state index in [9.17, 15) is 0 Å². The lowest BCUT2D eigenvalue weighted by molar-refractivity contribution is 0.0611. The molecular weight excluding hydrogens is 164 g/mol. The Hall–Kier alpha value is -0.120. The van der Waals surface area contributed by atoms with Crippen molar-refractivity contribution in [1.82, 2.24) is 4.90 Å². The van der Waals surface area contributed by atoms with Gasteiger partial charge in [-0.1, -0.05) is 0 Å². The molecule has 0 aromatic heterocycles. The third-order valence-electron chi connectivity index (χ3n) is 1.60. The number of likely N-dealkylation sites (N-methyl/N-ethyl adjacent to an activating group) is 1. The molecule has 0 saturated heterocycles. The highest BCUT2D eigenvalue weighted by molar-refractivity contribution is 4.75. The summed E-state index contributed by atoms with van der Waals surface area (Å²) < 4.78 is 5.44. The van der Waals surface area contributed by atoms with Crippen LogP contribution in [0.2, 0.25) is 0 Å². The van der Waals surface area contributed by atoms with Gasteiger partial charge in [-0.05, 0) is 34.7 Å². The number of hydrogen-bond donors (Lipinski definition) is 1. The van der Waals surface area contributed by atoms with Crippen molar-refractivity contribution in [1.29, 1.82) is 0 Å². The summed E-state index contributed by atoms with van der Waals surface area (Å²) in [5.41, 5.74) is 5.77. The lowest BCUT2D eigenvalue weighted by atomic mass is 10.1. The third kappa shape index (κ3) is 9.80. The van der Waals surface area contributed by atoms with Crippen LogP contribution >= 0.6 is 0 Å². The first kappa shape index (κ1) is 12.9. The third-order valence-corrected chi connectivity index (χ3v) is 1.60. The first-order valence-corrected chi connectivity index (χ1v) is 4.90. The van der Waals surface area contributed by atoms with Crippen LogP contribution in [0.4, 0.5) is 0 Å². The molecule has 0 heterocycles. The Morgan fingerprint density at radius 3 is 2.31 bits per heavy atom. The molecule has 3 heteroatoms. The molecule has 0 aromatic carbocycles. The van der Waals surface area contributed by atoms with Crippen LogP contribution < -0.4 is 5.73 Å². The van der Waals surface area contributed by atoms with E-state index in [0.29, 0.717) is 6.10 Å². The van der Waals surface area contributed by atoms with Crippen molar-refractivity contribution in [2.45, 2.75) is 39.3 Å². The van der Waals surface area contributed by atoms with Crippen molar-refractivity contribution in [3.8, 4) is 0 Å². The molecule has 0 saturated carbocycles. The number of nitrogens with two attached hydrogens (primary N) is 1. The Kier molecular flexibility index (Phi) is 5.53. The fourth-order valence-corrected chi connectivity index (χ4v) is 1.22. The molecule has 0 amide bonds. The van der Waals surface area contributed by atoms with Crippen LogP contribution in [0.3, 0.4) is 0 Å². The molecular formula is C10H24N2O. The smallest absolute Gasteiger partial charge is 0.0596 e. The Morgan fingerprint density at radius 1 is 1.38 bits per heavy atom. The summed E-state index contributed by atoms with van der Waals surface area (Å²) in [7, 11) is 2.07. The fourth-order valence-electron chi connectivity index (χ4n) is 1.22. The molecule has 0 aliphatic heterocycles. The van der Waals surface area contributed by atoms with Gasteiger partial charge in [-0.2, -0.15) is 0 Å². The number of hydrogen-bond acceptors (Lipinski definition) is 3. The van der Waals surface area contributed by atoms with E-state index in [2.05, 4.69) is 11.9 Å². The van der Waals surface area contributed by atoms with Crippen LogP contribution in [-0.2, 0) is 4.74 Å². The van der Waals surface area contributed by atoms with Gasteiger partial charge in [0.25, 0.3) is 0 Å². The van der Waals surface area contributed by atoms with E-state index in [4.69, 9.17) is 10.5 Å². The lowest BCUT2D eigenvalue weighted by Gasteiger charge is -2.26. The summed E-state index contributed by atoms with van der Waals surface area (Å²) in [5, 5.41) is 0. The predicted octanol–water partition coefficient (Wildman–Crippen LogP) is 1.08. The molecule has 80 valence electrons. The second-order valence-electron chi connectivity index (χ2n) is 4.65. The van der Waals surface area contributed by atoms with Gasteiger partial charge >= 0.3 is 0 Å². The zero-order valence-electron chi connectivity index (χ0n) is 9.63. The van der Waals surface area contributed by atoms with Crippen LogP contribution in [0.1, 0.15) is 27.7 Å². The summed E-state index contributed by atoms with van der Waals surface area (Å²) in [6.07, 6.45) is 0.319. The molecule has 0 aromatic rings. The predicted molar refractivity (Wildman–Crippen MR) is 56.9 cm³/mol. The van der Waals surface area contributed by atoms with Gasteiger partial charge in [0.15, 0.2) is 0 Å². The zero-order valence-corrected chi connectivity index (χ0v) is 9.63. The first-order chi connectivity index (χ1) is 5.81. The van der Waals surface area contributed by atoms with Gasteiger partial charge < -0.3 is 15.4 Å². The molecule has 0 bridgehead atoms. The second kappa shape index (κ2) is 5.58. The molecule has 0 spiro atoms. The van der Waals surface area contributed by atoms with Crippen molar-refractivity contribution in [3.05, 3.63) is 0 Å². The molecule has 0 aliphatic carbocycles. The maximum atomic E-state index is 5.89. The van der Waals surface area contributed by atoms with Gasteiger partial charge in [0.05, 0.1) is 12.7 Å². The van der Waals surface area contributed by atoms with Gasteiger partial charge in [-0.3, -0.25) is 0 Å². The molecule has 0 atom stereocenters. The standard InChI is InChI=1S/C10H24N2O/c1-9(2)13-7-6-12(5)8-10(3,4)11/h9H,6-8,11H2,1-5H3. The van der Waals surface area contributed by atoms with E-state index < -0.39 is 0 Å². The minimum atomic E-state index is -0.118. The molecule has 0 fully saturated rings. The van der Waals surface area contributed by atoms with Gasteiger partial charge in [0.2, 0.25) is 0 Å². The van der Waals surface area contributed by atoms with E-state index in [0.717, 1.165) is 19.7 Å². The molecule has 2 N–H and O–H groups in total. The van der Waals surface area contributed by atoms with Gasteiger partial charge in [0.1, 0.15) is 0 Å². The zero-order chi connectivity index (χ0) is 10.5. The Bertz CT molecular complexity index is 129. The number of nitrogens with zero attached hydrogens (tertiary/aromatic N) is 1. The first-order valence-electron chi connectivity index (χ1n) is 4.90. The molecule has 0 unspecified atom stereocenters. The highest BCUT2D eigenvalue weighted by Crippen LogP contribution is 1.99. The topological polar surface area (TPSA) is 38.5 Å². The number of ether oxygens (including phenoxy) is 1. The molecule has 0 rings (SSSR count). The number of rotatable bonds is 6. The summed E-state index contributed by atoms with van der Waals surface area (Å²) in [6, 6.07) is 0. The van der Waals surface area contributed by atoms with E-state index in [1.807, 2.05) is 27.7 Å². The average Bonchev–Trinajstić information content (AvgIpc) is 1.81. The highest BCUT2D eigenvalue weighted by Gasteiger charge is 2.13. The van der Waals surface area contributed by atoms with E-state index in [1.54, 1.807) is 0 Å². The molecule has 13 heavy (non-hydrogen) atoms. The summed E-state index contributed by atoms with van der Waals surface area (Å²) in [5.74, 6) is 0. The van der Waals surface area contributed by atoms with E-state index in [1.165, 1.54) is 0 Å². The van der Waals surface area contributed by atoms with Gasteiger partial charge in [0, 0.05) is 18.6 Å². The SMILES string of the molecule is CC(C)OCCN(C)CC(C)(C)N. The molecule has 0 aliphatic rings. The van der Waals surface area contributed by atoms with Crippen LogP contribution in [0.5, 0.6) is 0 Å². The monoisotopic (exact) mass is 188 g/mol. The fraction of sp³-hybridized carbons (Fsp3) is 1.00. The van der Waals surface area contributed by atoms with Crippen molar-refractivity contribution >= 4 is 0 Å². The summed E-state index contributed by atoms with van der Waals surface area (Å²) in [4.78, 5) is 2.20. The summed E-state index contributed by atoms with van der Waals surface area (Å²) >= 11 is 0. The molecule has 3 nitrogen and oxygen atoms in total. The Morgan fingerprint density at radius 2 is 1.92 bits per heavy atom. The van der Waals surface area contributed by atoms with Gasteiger partial charge in [-0.25, -0.2) is 0 Å². The second-order valence-corrected chi connectivity index (χ2v) is 4.65. The highest BCUT2D eigenvalue weighted by atomic mass is 16.5. The minimum absolute atomic E-state index is 0.118. The van der Waals surface area contributed by atoms with Crippen LogP contribution in [0.15, 0.2) is 0 Å². The van der Waals surface area contributed by atoms with E-state index in [-0.39, 0.29) is 5.54 Å². The lowest BCUT2D eigenvalue weighted by Crippen LogP contribution is -2.44. The van der Waals surface area contributed by atoms with Crippen molar-refractivity contribution in [3.63, 3.8) is 0 Å². The van der Waals surface area contributed by atoms with Crippen molar-refractivity contribution in [2.24, 2.45) is 5.73 Å². The average molecular weight is 188 g/mol. The largest absolute Gasteiger partial charge is 0.377 e. The summed E-state index contributed by atoms with van der Waals surface area (Å²) in [6.45, 7) is 10.8. The van der Waals surface area contributed by atoms with Crippen LogP contribution in [-0.4, -0.2) is 43.3 Å². The Balaban J connectivity index is 3.46. The maximum Gasteiger partial charge on any atom is 0.0596 e. The Labute approximate surface area is 82.2 Å². The quantitative estimate of drug-likeness (QED) is 0.678. The van der Waals surface area contributed by atoms with Crippen LogP contribution in [0.25, 0.3) is 0 Å². The molecule has 0 radical (unpaired) electrons.